The van der Waals surface area contributed by atoms with E-state index in [-0.39, 0.29) is 11.6 Å². The van der Waals surface area contributed by atoms with E-state index in [2.05, 4.69) is 24.3 Å². The second-order valence-electron chi connectivity index (χ2n) is 5.31. The second-order valence-corrected chi connectivity index (χ2v) is 5.72. The van der Waals surface area contributed by atoms with Gasteiger partial charge in [-0.3, -0.25) is 4.79 Å². The SMILES string of the molecule is CCC(CC)Nc1c(Cl)cnn(CC2CCC2)c1=O. The fourth-order valence-electron chi connectivity index (χ4n) is 2.35. The molecular formula is C14H22ClN3O. The molecule has 1 aromatic heterocycles. The van der Waals surface area contributed by atoms with Crippen molar-refractivity contribution in [3.05, 3.63) is 21.6 Å². The molecule has 1 N–H and O–H groups in total. The summed E-state index contributed by atoms with van der Waals surface area (Å²) in [5.74, 6) is 0.604. The predicted molar refractivity (Wildman–Crippen MR) is 78.8 cm³/mol. The molecule has 0 atom stereocenters. The number of aromatic nitrogens is 2. The van der Waals surface area contributed by atoms with Crippen LogP contribution in [0.1, 0.15) is 46.0 Å². The predicted octanol–water partition coefficient (Wildman–Crippen LogP) is 3.30. The molecule has 1 aromatic rings. The molecule has 0 aliphatic heterocycles. The van der Waals surface area contributed by atoms with Crippen LogP contribution >= 0.6 is 11.6 Å². The van der Waals surface area contributed by atoms with Crippen LogP contribution < -0.4 is 10.9 Å². The first kappa shape index (κ1) is 14.4. The van der Waals surface area contributed by atoms with Gasteiger partial charge in [-0.05, 0) is 31.6 Å². The van der Waals surface area contributed by atoms with Crippen LogP contribution in [0.3, 0.4) is 0 Å². The van der Waals surface area contributed by atoms with Gasteiger partial charge in [-0.15, -0.1) is 0 Å². The number of halogens is 1. The Bertz CT molecular complexity index is 478. The molecule has 0 radical (unpaired) electrons. The summed E-state index contributed by atoms with van der Waals surface area (Å²) < 4.78 is 1.56. The van der Waals surface area contributed by atoms with Gasteiger partial charge in [0.05, 0.1) is 11.2 Å². The summed E-state index contributed by atoms with van der Waals surface area (Å²) in [5, 5.41) is 7.83. The van der Waals surface area contributed by atoms with Crippen LogP contribution in [0.15, 0.2) is 11.0 Å². The van der Waals surface area contributed by atoms with E-state index in [9.17, 15) is 4.79 Å². The van der Waals surface area contributed by atoms with E-state index in [0.717, 1.165) is 12.8 Å². The Morgan fingerprint density at radius 2 is 2.16 bits per heavy atom. The summed E-state index contributed by atoms with van der Waals surface area (Å²) in [6, 6.07) is 0.282. The fraction of sp³-hybridized carbons (Fsp3) is 0.714. The normalized spacial score (nSPS) is 15.6. The quantitative estimate of drug-likeness (QED) is 0.871. The monoisotopic (exact) mass is 283 g/mol. The average Bonchev–Trinajstić information content (AvgIpc) is 2.36. The van der Waals surface area contributed by atoms with Gasteiger partial charge in [-0.1, -0.05) is 31.9 Å². The van der Waals surface area contributed by atoms with E-state index >= 15 is 0 Å². The first-order valence-electron chi connectivity index (χ1n) is 7.17. The second kappa shape index (κ2) is 6.42. The lowest BCUT2D eigenvalue weighted by Crippen LogP contribution is -2.32. The van der Waals surface area contributed by atoms with Crippen molar-refractivity contribution in [1.29, 1.82) is 0 Å². The van der Waals surface area contributed by atoms with Crippen molar-refractivity contribution in [3.63, 3.8) is 0 Å². The number of hydrogen-bond donors (Lipinski definition) is 1. The molecule has 0 unspecified atom stereocenters. The van der Waals surface area contributed by atoms with E-state index in [1.54, 1.807) is 10.9 Å². The van der Waals surface area contributed by atoms with Gasteiger partial charge in [-0.2, -0.15) is 5.10 Å². The summed E-state index contributed by atoms with van der Waals surface area (Å²) in [4.78, 5) is 12.4. The lowest BCUT2D eigenvalue weighted by Gasteiger charge is -2.25. The molecule has 4 nitrogen and oxygen atoms in total. The highest BCUT2D eigenvalue weighted by Crippen LogP contribution is 2.27. The average molecular weight is 284 g/mol. The fourth-order valence-corrected chi connectivity index (χ4v) is 2.53. The smallest absolute Gasteiger partial charge is 0.291 e. The van der Waals surface area contributed by atoms with Crippen LogP contribution in [-0.2, 0) is 6.54 Å². The Labute approximate surface area is 119 Å². The minimum atomic E-state index is -0.0914. The van der Waals surface area contributed by atoms with Gasteiger partial charge >= 0.3 is 0 Å². The van der Waals surface area contributed by atoms with E-state index in [1.165, 1.54) is 19.3 Å². The zero-order valence-corrected chi connectivity index (χ0v) is 12.4. The van der Waals surface area contributed by atoms with Gasteiger partial charge in [0.2, 0.25) is 0 Å². The summed E-state index contributed by atoms with van der Waals surface area (Å²) in [7, 11) is 0. The Hall–Kier alpha value is -1.03. The molecule has 1 heterocycles. The molecule has 19 heavy (non-hydrogen) atoms. The number of rotatable bonds is 6. The number of nitrogens with zero attached hydrogens (tertiary/aromatic N) is 2. The maximum Gasteiger partial charge on any atom is 0.291 e. The molecule has 0 saturated heterocycles. The summed E-state index contributed by atoms with van der Waals surface area (Å²) >= 11 is 6.11. The number of anilines is 1. The molecule has 0 bridgehead atoms. The van der Waals surface area contributed by atoms with Gasteiger partial charge in [0.15, 0.2) is 0 Å². The summed E-state index contributed by atoms with van der Waals surface area (Å²) in [5.41, 5.74) is 0.413. The standard InChI is InChI=1S/C14H22ClN3O/c1-3-11(4-2)17-13-12(15)8-16-18(14(13)19)9-10-6-5-7-10/h8,10-11,17H,3-7,9H2,1-2H3. The highest BCUT2D eigenvalue weighted by Gasteiger charge is 2.20. The highest BCUT2D eigenvalue weighted by molar-refractivity contribution is 6.33. The molecule has 0 spiro atoms. The van der Waals surface area contributed by atoms with E-state index in [4.69, 9.17) is 11.6 Å². The van der Waals surface area contributed by atoms with Crippen LogP contribution in [0.2, 0.25) is 5.02 Å². The van der Waals surface area contributed by atoms with Crippen LogP contribution in [0.4, 0.5) is 5.69 Å². The third-order valence-electron chi connectivity index (χ3n) is 3.99. The van der Waals surface area contributed by atoms with Crippen LogP contribution in [0.5, 0.6) is 0 Å². The third kappa shape index (κ3) is 3.30. The van der Waals surface area contributed by atoms with Crippen molar-refractivity contribution in [2.24, 2.45) is 5.92 Å². The van der Waals surface area contributed by atoms with E-state index < -0.39 is 0 Å². The molecule has 1 fully saturated rings. The Morgan fingerprint density at radius 3 is 2.68 bits per heavy atom. The lowest BCUT2D eigenvalue weighted by atomic mass is 9.85. The summed E-state index contributed by atoms with van der Waals surface area (Å²) in [6.45, 7) is 4.92. The van der Waals surface area contributed by atoms with Crippen LogP contribution in [0.25, 0.3) is 0 Å². The highest BCUT2D eigenvalue weighted by atomic mass is 35.5. The van der Waals surface area contributed by atoms with Crippen molar-refractivity contribution in [2.75, 3.05) is 5.32 Å². The Balaban J connectivity index is 2.20. The zero-order chi connectivity index (χ0) is 13.8. The molecule has 0 aromatic carbocycles. The third-order valence-corrected chi connectivity index (χ3v) is 4.27. The van der Waals surface area contributed by atoms with Crippen LogP contribution in [0, 0.1) is 5.92 Å². The summed E-state index contributed by atoms with van der Waals surface area (Å²) in [6.07, 6.45) is 7.19. The molecule has 1 aliphatic carbocycles. The zero-order valence-electron chi connectivity index (χ0n) is 11.7. The van der Waals surface area contributed by atoms with Crippen molar-refractivity contribution >= 4 is 17.3 Å². The van der Waals surface area contributed by atoms with Gasteiger partial charge in [0.1, 0.15) is 5.69 Å². The molecule has 0 amide bonds. The first-order valence-corrected chi connectivity index (χ1v) is 7.55. The van der Waals surface area contributed by atoms with Crippen molar-refractivity contribution in [1.82, 2.24) is 9.78 Å². The van der Waals surface area contributed by atoms with Gasteiger partial charge in [-0.25, -0.2) is 4.68 Å². The topological polar surface area (TPSA) is 46.9 Å². The maximum atomic E-state index is 12.4. The molecule has 106 valence electrons. The van der Waals surface area contributed by atoms with Crippen LogP contribution in [-0.4, -0.2) is 15.8 Å². The maximum absolute atomic E-state index is 12.4. The van der Waals surface area contributed by atoms with Crippen molar-refractivity contribution in [3.8, 4) is 0 Å². The minimum Gasteiger partial charge on any atom is -0.377 e. The van der Waals surface area contributed by atoms with Crippen molar-refractivity contribution < 1.29 is 0 Å². The van der Waals surface area contributed by atoms with Gasteiger partial charge in [0.25, 0.3) is 5.56 Å². The lowest BCUT2D eigenvalue weighted by molar-refractivity contribution is 0.262. The molecular weight excluding hydrogens is 262 g/mol. The van der Waals surface area contributed by atoms with Gasteiger partial charge < -0.3 is 5.32 Å². The number of hydrogen-bond acceptors (Lipinski definition) is 3. The van der Waals surface area contributed by atoms with E-state index in [0.29, 0.717) is 23.2 Å². The minimum absolute atomic E-state index is 0.0914. The van der Waals surface area contributed by atoms with Crippen molar-refractivity contribution in [2.45, 2.75) is 58.5 Å². The molecule has 5 heteroatoms. The van der Waals surface area contributed by atoms with E-state index in [1.807, 2.05) is 0 Å². The molecule has 2 rings (SSSR count). The first-order chi connectivity index (χ1) is 9.15. The molecule has 1 aliphatic rings. The largest absolute Gasteiger partial charge is 0.377 e. The number of nitrogens with one attached hydrogen (secondary N) is 1. The van der Waals surface area contributed by atoms with Gasteiger partial charge in [0, 0.05) is 12.6 Å². The Morgan fingerprint density at radius 1 is 1.47 bits per heavy atom. The Kier molecular flexibility index (Phi) is 4.86. The molecule has 1 saturated carbocycles.